The third-order valence-corrected chi connectivity index (χ3v) is 7.06. The highest BCUT2D eigenvalue weighted by Crippen LogP contribution is 2.46. The predicted octanol–water partition coefficient (Wildman–Crippen LogP) is 6.90. The van der Waals surface area contributed by atoms with Crippen molar-refractivity contribution in [2.45, 2.75) is 21.9 Å². The van der Waals surface area contributed by atoms with Gasteiger partial charge in [0.25, 0.3) is 0 Å². The van der Waals surface area contributed by atoms with Crippen molar-refractivity contribution in [3.8, 4) is 0 Å². The standard InChI is InChI=1S/C26H20N6O8S2/c33-29(34)19-11-5-7-15(25(19)31(37)38)23(27-17-9-1-3-13-21(17)41)24(28-18-10-2-4-14-22(18)42)16-8-6-12-20(30(35)36)26(16)32(39)40/h1-14,23-24,27-28,41-42H. The molecule has 4 aromatic carbocycles. The topological polar surface area (TPSA) is 197 Å². The molecular weight excluding hydrogens is 588 g/mol. The fourth-order valence-electron chi connectivity index (χ4n) is 4.50. The van der Waals surface area contributed by atoms with E-state index in [2.05, 4.69) is 35.9 Å². The molecule has 14 nitrogen and oxygen atoms in total. The minimum absolute atomic E-state index is 0.222. The van der Waals surface area contributed by atoms with Gasteiger partial charge in [-0.15, -0.1) is 25.3 Å². The van der Waals surface area contributed by atoms with Crippen molar-refractivity contribution in [1.82, 2.24) is 0 Å². The van der Waals surface area contributed by atoms with Crippen LogP contribution in [0.1, 0.15) is 23.2 Å². The molecule has 0 aromatic heterocycles. The van der Waals surface area contributed by atoms with Gasteiger partial charge in [0.05, 0.1) is 42.9 Å². The number of nitro groups is 4. The van der Waals surface area contributed by atoms with E-state index in [0.717, 1.165) is 12.1 Å². The van der Waals surface area contributed by atoms with E-state index in [9.17, 15) is 40.5 Å². The summed E-state index contributed by atoms with van der Waals surface area (Å²) in [6.07, 6.45) is 0. The Hall–Kier alpha value is -5.22. The highest BCUT2D eigenvalue weighted by atomic mass is 32.1. The number of benzene rings is 4. The van der Waals surface area contributed by atoms with E-state index in [0.29, 0.717) is 21.2 Å². The second-order valence-corrected chi connectivity index (χ2v) is 9.70. The van der Waals surface area contributed by atoms with Crippen molar-refractivity contribution < 1.29 is 19.7 Å². The molecule has 0 amide bonds. The summed E-state index contributed by atoms with van der Waals surface area (Å²) >= 11 is 8.87. The first kappa shape index (κ1) is 29.8. The first-order valence-corrected chi connectivity index (χ1v) is 12.8. The lowest BCUT2D eigenvalue weighted by Gasteiger charge is -2.31. The first-order chi connectivity index (χ1) is 20.0. The monoisotopic (exact) mass is 608 g/mol. The van der Waals surface area contributed by atoms with Crippen molar-refractivity contribution in [1.29, 1.82) is 0 Å². The molecule has 0 heterocycles. The zero-order chi connectivity index (χ0) is 30.6. The number of para-hydroxylation sites is 4. The Morgan fingerprint density at radius 1 is 0.500 bits per heavy atom. The Morgan fingerprint density at radius 3 is 1.17 bits per heavy atom. The number of nitrogens with one attached hydrogen (secondary N) is 2. The van der Waals surface area contributed by atoms with Crippen LogP contribution in [0.15, 0.2) is 94.7 Å². The molecule has 2 N–H and O–H groups in total. The predicted molar refractivity (Wildman–Crippen MR) is 160 cm³/mol. The van der Waals surface area contributed by atoms with Gasteiger partial charge in [-0.05, 0) is 36.4 Å². The maximum absolute atomic E-state index is 12.3. The van der Waals surface area contributed by atoms with Gasteiger partial charge in [-0.25, -0.2) is 0 Å². The molecule has 0 aliphatic carbocycles. The second kappa shape index (κ2) is 12.5. The maximum Gasteiger partial charge on any atom is 0.351 e. The van der Waals surface area contributed by atoms with E-state index in [1.54, 1.807) is 48.5 Å². The Morgan fingerprint density at radius 2 is 0.857 bits per heavy atom. The molecule has 0 bridgehead atoms. The van der Waals surface area contributed by atoms with Crippen LogP contribution in [-0.2, 0) is 0 Å². The fourth-order valence-corrected chi connectivity index (χ4v) is 4.95. The number of thiol groups is 2. The van der Waals surface area contributed by atoms with Crippen molar-refractivity contribution in [3.63, 3.8) is 0 Å². The van der Waals surface area contributed by atoms with Crippen LogP contribution in [0.2, 0.25) is 0 Å². The molecule has 16 heteroatoms. The highest BCUT2D eigenvalue weighted by Gasteiger charge is 2.41. The van der Waals surface area contributed by atoms with E-state index in [4.69, 9.17) is 0 Å². The van der Waals surface area contributed by atoms with Crippen LogP contribution >= 0.6 is 25.3 Å². The Labute approximate surface area is 247 Å². The average Bonchev–Trinajstić information content (AvgIpc) is 2.95. The second-order valence-electron chi connectivity index (χ2n) is 8.74. The van der Waals surface area contributed by atoms with Gasteiger partial charge in [0, 0.05) is 33.3 Å². The third kappa shape index (κ3) is 6.08. The lowest BCUT2D eigenvalue weighted by atomic mass is 9.89. The average molecular weight is 609 g/mol. The van der Waals surface area contributed by atoms with E-state index in [1.165, 1.54) is 24.3 Å². The van der Waals surface area contributed by atoms with Crippen molar-refractivity contribution >= 4 is 59.4 Å². The minimum atomic E-state index is -1.37. The molecule has 0 saturated heterocycles. The molecule has 4 rings (SSSR count). The van der Waals surface area contributed by atoms with Crippen LogP contribution < -0.4 is 10.6 Å². The van der Waals surface area contributed by atoms with Crippen LogP contribution in [-0.4, -0.2) is 19.7 Å². The molecule has 0 saturated carbocycles. The molecule has 2 atom stereocenters. The molecule has 0 fully saturated rings. The Balaban J connectivity index is 2.11. The maximum atomic E-state index is 12.3. The quantitative estimate of drug-likeness (QED) is 0.0789. The van der Waals surface area contributed by atoms with Gasteiger partial charge in [-0.1, -0.05) is 36.4 Å². The summed E-state index contributed by atoms with van der Waals surface area (Å²) in [7, 11) is 0. The van der Waals surface area contributed by atoms with Gasteiger partial charge >= 0.3 is 22.7 Å². The number of rotatable bonds is 11. The summed E-state index contributed by atoms with van der Waals surface area (Å²) in [5.41, 5.74) is -3.15. The van der Waals surface area contributed by atoms with Gasteiger partial charge < -0.3 is 10.6 Å². The van der Waals surface area contributed by atoms with E-state index >= 15 is 0 Å². The number of anilines is 2. The Bertz CT molecular complexity index is 1600. The zero-order valence-corrected chi connectivity index (χ0v) is 23.0. The number of hydrogen-bond acceptors (Lipinski definition) is 12. The molecule has 214 valence electrons. The summed E-state index contributed by atoms with van der Waals surface area (Å²) in [5.74, 6) is 0. The van der Waals surface area contributed by atoms with Crippen LogP contribution in [0.4, 0.5) is 34.1 Å². The molecule has 0 aliphatic heterocycles. The molecule has 42 heavy (non-hydrogen) atoms. The Kier molecular flexibility index (Phi) is 8.87. The number of nitrogens with zero attached hydrogens (tertiary/aromatic N) is 4. The number of nitro benzene ring substituents is 4. The van der Waals surface area contributed by atoms with Gasteiger partial charge in [-0.2, -0.15) is 0 Å². The summed E-state index contributed by atoms with van der Waals surface area (Å²) < 4.78 is 0. The van der Waals surface area contributed by atoms with Crippen molar-refractivity contribution in [3.05, 3.63) is 137 Å². The van der Waals surface area contributed by atoms with E-state index in [-0.39, 0.29) is 11.1 Å². The molecule has 0 aliphatic rings. The largest absolute Gasteiger partial charge is 0.375 e. The molecule has 0 spiro atoms. The van der Waals surface area contributed by atoms with Crippen molar-refractivity contribution in [2.24, 2.45) is 0 Å². The van der Waals surface area contributed by atoms with Crippen LogP contribution in [0.5, 0.6) is 0 Å². The molecule has 0 radical (unpaired) electrons. The van der Waals surface area contributed by atoms with Crippen LogP contribution in [0.3, 0.4) is 0 Å². The normalized spacial score (nSPS) is 12.1. The summed E-state index contributed by atoms with van der Waals surface area (Å²) in [6.45, 7) is 0. The zero-order valence-electron chi connectivity index (χ0n) is 21.2. The first-order valence-electron chi connectivity index (χ1n) is 11.9. The minimum Gasteiger partial charge on any atom is -0.375 e. The summed E-state index contributed by atoms with van der Waals surface area (Å²) in [5, 5.41) is 54.4. The third-order valence-electron chi connectivity index (χ3n) is 6.28. The van der Waals surface area contributed by atoms with Gasteiger partial charge in [0.1, 0.15) is 0 Å². The lowest BCUT2D eigenvalue weighted by molar-refractivity contribution is -0.423. The van der Waals surface area contributed by atoms with Gasteiger partial charge in [0.15, 0.2) is 0 Å². The molecule has 2 unspecified atom stereocenters. The molecular formula is C26H20N6O8S2. The lowest BCUT2D eigenvalue weighted by Crippen LogP contribution is -2.27. The van der Waals surface area contributed by atoms with E-state index in [1.807, 2.05) is 0 Å². The fraction of sp³-hybridized carbons (Fsp3) is 0.0769. The smallest absolute Gasteiger partial charge is 0.351 e. The van der Waals surface area contributed by atoms with Crippen molar-refractivity contribution in [2.75, 3.05) is 10.6 Å². The highest BCUT2D eigenvalue weighted by molar-refractivity contribution is 7.80. The summed E-state index contributed by atoms with van der Waals surface area (Å²) in [6, 6.07) is 17.3. The van der Waals surface area contributed by atoms with Crippen LogP contribution in [0, 0.1) is 40.5 Å². The SMILES string of the molecule is O=[N+]([O-])c1cccc(C(Nc2ccccc2S)C(Nc2ccccc2S)c2cccc([N+](=O)[O-])c2[N+](=O)[O-])c1[N+](=O)[O-]. The number of hydrogen-bond donors (Lipinski definition) is 4. The van der Waals surface area contributed by atoms with Crippen LogP contribution in [0.25, 0.3) is 0 Å². The van der Waals surface area contributed by atoms with E-state index < -0.39 is 54.5 Å². The van der Waals surface area contributed by atoms with Gasteiger partial charge in [0.2, 0.25) is 0 Å². The van der Waals surface area contributed by atoms with Gasteiger partial charge in [-0.3, -0.25) is 40.5 Å². The molecule has 4 aromatic rings. The summed E-state index contributed by atoms with van der Waals surface area (Å²) in [4.78, 5) is 45.4.